The number of nitrogens with one attached hydrogen (secondary N) is 1. The summed E-state index contributed by atoms with van der Waals surface area (Å²) in [5.74, 6) is -0.0842. The van der Waals surface area contributed by atoms with Crippen LogP contribution in [0.3, 0.4) is 0 Å². The minimum Gasteiger partial charge on any atom is -0.384 e. The van der Waals surface area contributed by atoms with E-state index in [4.69, 9.17) is 22.1 Å². The number of carbonyl (C=O) groups is 1. The number of nitrogens with two attached hydrogens (primary N) is 1. The van der Waals surface area contributed by atoms with Crippen molar-refractivity contribution in [2.45, 2.75) is 64.3 Å². The lowest BCUT2D eigenvalue weighted by molar-refractivity contribution is 0.0604. The van der Waals surface area contributed by atoms with Gasteiger partial charge in [0, 0.05) is 47.6 Å². The molecule has 1 amide bonds. The molecule has 216 valence electrons. The molecule has 0 radical (unpaired) electrons. The molecule has 2 heterocycles. The second-order valence-electron chi connectivity index (χ2n) is 10.7. The fourth-order valence-electron chi connectivity index (χ4n) is 5.72. The highest BCUT2D eigenvalue weighted by atomic mass is 35.5. The highest BCUT2D eigenvalue weighted by molar-refractivity contribution is 7.21. The zero-order valence-corrected chi connectivity index (χ0v) is 25.2. The van der Waals surface area contributed by atoms with Crippen molar-refractivity contribution in [3.8, 4) is 11.1 Å². The van der Waals surface area contributed by atoms with Crippen LogP contribution in [0.15, 0.2) is 48.7 Å². The van der Waals surface area contributed by atoms with Crippen LogP contribution in [0, 0.1) is 5.82 Å². The molecule has 0 bridgehead atoms. The normalized spacial score (nSPS) is 17.2. The molecule has 41 heavy (non-hydrogen) atoms. The SMILES string of the molecule is CCc1cc(F)c2c(Cl)c(C(=O)N(Cc3cc(-c4ccc(N)nc4)ccc3COC)C3CCC(NC)CC3)sc2c1. The summed E-state index contributed by atoms with van der Waals surface area (Å²) in [4.78, 5) is 21.0. The van der Waals surface area contributed by atoms with Gasteiger partial charge in [0.15, 0.2) is 0 Å². The average molecular weight is 595 g/mol. The Kier molecular flexibility index (Phi) is 9.24. The highest BCUT2D eigenvalue weighted by Gasteiger charge is 2.32. The smallest absolute Gasteiger partial charge is 0.266 e. The third-order valence-electron chi connectivity index (χ3n) is 8.12. The molecular weight excluding hydrogens is 559 g/mol. The van der Waals surface area contributed by atoms with Gasteiger partial charge in [-0.1, -0.05) is 30.7 Å². The van der Waals surface area contributed by atoms with Crippen LogP contribution in [0.1, 0.15) is 59.0 Å². The number of pyridine rings is 1. The quantitative estimate of drug-likeness (QED) is 0.214. The van der Waals surface area contributed by atoms with E-state index in [1.165, 1.54) is 17.4 Å². The lowest BCUT2D eigenvalue weighted by Gasteiger charge is -2.37. The molecule has 0 atom stereocenters. The monoisotopic (exact) mass is 594 g/mol. The van der Waals surface area contributed by atoms with Crippen LogP contribution in [0.5, 0.6) is 0 Å². The Morgan fingerprint density at radius 3 is 2.56 bits per heavy atom. The Morgan fingerprint density at radius 1 is 1.15 bits per heavy atom. The van der Waals surface area contributed by atoms with Crippen LogP contribution in [0.25, 0.3) is 21.2 Å². The van der Waals surface area contributed by atoms with E-state index in [2.05, 4.69) is 16.4 Å². The largest absolute Gasteiger partial charge is 0.384 e. The summed E-state index contributed by atoms with van der Waals surface area (Å²) in [7, 11) is 3.65. The van der Waals surface area contributed by atoms with Gasteiger partial charge < -0.3 is 20.7 Å². The van der Waals surface area contributed by atoms with E-state index in [9.17, 15) is 4.79 Å². The van der Waals surface area contributed by atoms with Crippen molar-refractivity contribution in [2.75, 3.05) is 19.9 Å². The first-order valence-electron chi connectivity index (χ1n) is 14.0. The van der Waals surface area contributed by atoms with E-state index in [-0.39, 0.29) is 22.8 Å². The number of benzene rings is 2. The topological polar surface area (TPSA) is 80.5 Å². The Morgan fingerprint density at radius 2 is 1.90 bits per heavy atom. The molecule has 5 rings (SSSR count). The number of aromatic nitrogens is 1. The van der Waals surface area contributed by atoms with Gasteiger partial charge in [-0.25, -0.2) is 9.37 Å². The highest BCUT2D eigenvalue weighted by Crippen LogP contribution is 2.40. The molecular formula is C32H36ClFN4O2S. The first-order valence-corrected chi connectivity index (χ1v) is 15.2. The molecule has 9 heteroatoms. The minimum absolute atomic E-state index is 0.0293. The summed E-state index contributed by atoms with van der Waals surface area (Å²) in [5, 5.41) is 3.90. The van der Waals surface area contributed by atoms with Crippen LogP contribution in [0.2, 0.25) is 5.02 Å². The van der Waals surface area contributed by atoms with Gasteiger partial charge in [-0.3, -0.25) is 4.79 Å². The zero-order chi connectivity index (χ0) is 29.1. The number of ether oxygens (including phenoxy) is 1. The molecule has 2 aromatic heterocycles. The van der Waals surface area contributed by atoms with Crippen molar-refractivity contribution in [1.82, 2.24) is 15.2 Å². The van der Waals surface area contributed by atoms with E-state index in [1.807, 2.05) is 43.1 Å². The van der Waals surface area contributed by atoms with Gasteiger partial charge in [0.2, 0.25) is 0 Å². The number of anilines is 1. The third kappa shape index (κ3) is 6.26. The van der Waals surface area contributed by atoms with Gasteiger partial charge in [-0.05, 0) is 91.7 Å². The summed E-state index contributed by atoms with van der Waals surface area (Å²) < 4.78 is 21.3. The number of rotatable bonds is 9. The number of hydrogen-bond acceptors (Lipinski definition) is 6. The van der Waals surface area contributed by atoms with Crippen molar-refractivity contribution in [3.05, 3.63) is 81.1 Å². The van der Waals surface area contributed by atoms with E-state index < -0.39 is 0 Å². The lowest BCUT2D eigenvalue weighted by Crippen LogP contribution is -2.44. The second kappa shape index (κ2) is 12.9. The van der Waals surface area contributed by atoms with Gasteiger partial charge in [-0.2, -0.15) is 0 Å². The molecule has 1 aliphatic rings. The Bertz CT molecular complexity index is 1530. The van der Waals surface area contributed by atoms with Gasteiger partial charge in [0.25, 0.3) is 5.91 Å². The molecule has 0 saturated heterocycles. The van der Waals surface area contributed by atoms with Gasteiger partial charge in [-0.15, -0.1) is 11.3 Å². The maximum atomic E-state index is 15.1. The van der Waals surface area contributed by atoms with Crippen molar-refractivity contribution in [1.29, 1.82) is 0 Å². The van der Waals surface area contributed by atoms with Crippen LogP contribution < -0.4 is 11.1 Å². The maximum absolute atomic E-state index is 15.1. The molecule has 3 N–H and O–H groups in total. The summed E-state index contributed by atoms with van der Waals surface area (Å²) >= 11 is 8.04. The number of aryl methyl sites for hydroxylation is 1. The molecule has 4 aromatic rings. The summed E-state index contributed by atoms with van der Waals surface area (Å²) in [6.07, 6.45) is 6.14. The van der Waals surface area contributed by atoms with Crippen LogP contribution in [-0.2, 0) is 24.3 Å². The third-order valence-corrected chi connectivity index (χ3v) is 9.74. The number of nitrogens with zero attached hydrogens (tertiary/aromatic N) is 2. The fourth-order valence-corrected chi connectivity index (χ4v) is 7.29. The molecule has 0 unspecified atom stereocenters. The minimum atomic E-state index is -0.382. The molecule has 1 fully saturated rings. The molecule has 0 aliphatic heterocycles. The molecule has 1 saturated carbocycles. The zero-order valence-electron chi connectivity index (χ0n) is 23.7. The van der Waals surface area contributed by atoms with Gasteiger partial charge >= 0.3 is 0 Å². The summed E-state index contributed by atoms with van der Waals surface area (Å²) in [6.45, 7) is 2.78. The van der Waals surface area contributed by atoms with Crippen LogP contribution in [-0.4, -0.2) is 42.0 Å². The van der Waals surface area contributed by atoms with Gasteiger partial charge in [0.1, 0.15) is 16.5 Å². The van der Waals surface area contributed by atoms with Crippen molar-refractivity contribution >= 4 is 44.7 Å². The van der Waals surface area contributed by atoms with E-state index >= 15 is 4.39 Å². The first-order chi connectivity index (χ1) is 19.8. The number of halogens is 2. The van der Waals surface area contributed by atoms with Gasteiger partial charge in [0.05, 0.1) is 11.6 Å². The number of nitrogen functional groups attached to an aromatic ring is 1. The molecule has 6 nitrogen and oxygen atoms in total. The number of carbonyl (C=O) groups excluding carboxylic acids is 1. The Labute approximate surface area is 249 Å². The molecule has 0 spiro atoms. The number of methoxy groups -OCH3 is 1. The lowest BCUT2D eigenvalue weighted by atomic mass is 9.89. The van der Waals surface area contributed by atoms with Crippen molar-refractivity contribution in [2.24, 2.45) is 0 Å². The Hall–Kier alpha value is -3.04. The van der Waals surface area contributed by atoms with E-state index in [1.54, 1.807) is 19.4 Å². The molecule has 1 aliphatic carbocycles. The first kappa shape index (κ1) is 29.5. The van der Waals surface area contributed by atoms with Crippen molar-refractivity contribution in [3.63, 3.8) is 0 Å². The number of hydrogen-bond donors (Lipinski definition) is 2. The average Bonchev–Trinajstić information content (AvgIpc) is 3.33. The second-order valence-corrected chi connectivity index (χ2v) is 12.1. The van der Waals surface area contributed by atoms with Crippen LogP contribution >= 0.6 is 22.9 Å². The van der Waals surface area contributed by atoms with Crippen molar-refractivity contribution < 1.29 is 13.9 Å². The number of thiophene rings is 1. The number of amides is 1. The molecule has 2 aromatic carbocycles. The maximum Gasteiger partial charge on any atom is 0.266 e. The number of fused-ring (bicyclic) bond motifs is 1. The Balaban J connectivity index is 1.56. The summed E-state index contributed by atoms with van der Waals surface area (Å²) in [6, 6.07) is 13.8. The van der Waals surface area contributed by atoms with E-state index in [0.717, 1.165) is 53.5 Å². The summed E-state index contributed by atoms with van der Waals surface area (Å²) in [5.41, 5.74) is 10.6. The predicted octanol–water partition coefficient (Wildman–Crippen LogP) is 7.22. The predicted molar refractivity (Wildman–Crippen MR) is 166 cm³/mol. The fraction of sp³-hybridized carbons (Fsp3) is 0.375. The van der Waals surface area contributed by atoms with Crippen LogP contribution in [0.4, 0.5) is 10.2 Å². The van der Waals surface area contributed by atoms with E-state index in [0.29, 0.717) is 46.4 Å². The standard InChI is InChI=1S/C32H36ClFN4O2S/c1-4-19-13-26(34)29-27(14-19)41-31(30(29)33)32(39)38(25-10-8-24(36-2)9-11-25)17-23-15-20(5-6-22(23)18-40-3)21-7-12-28(35)37-16-21/h5-7,12-16,24-25,36H,4,8-11,17-18H2,1-3H3,(H2,35,37).